The Kier molecular flexibility index (Phi) is 3.31. The average Bonchev–Trinajstić information content (AvgIpc) is 2.39. The van der Waals surface area contributed by atoms with E-state index in [2.05, 4.69) is 5.10 Å². The van der Waals surface area contributed by atoms with Crippen LogP contribution in [0, 0.1) is 13.8 Å². The van der Waals surface area contributed by atoms with Crippen molar-refractivity contribution in [3.63, 3.8) is 0 Å². The fourth-order valence-electron chi connectivity index (χ4n) is 1.58. The molecule has 88 valence electrons. The smallest absolute Gasteiger partial charge is 0.257 e. The van der Waals surface area contributed by atoms with Crippen LogP contribution in [0.2, 0.25) is 0 Å². The number of hydrogen-bond donors (Lipinski definition) is 1. The predicted octanol–water partition coefficient (Wildman–Crippen LogP) is -0.406. The van der Waals surface area contributed by atoms with E-state index in [0.29, 0.717) is 11.3 Å². The second-order valence-electron chi connectivity index (χ2n) is 3.80. The zero-order chi connectivity index (χ0) is 12.5. The van der Waals surface area contributed by atoms with Crippen LogP contribution in [0.1, 0.15) is 21.7 Å². The second kappa shape index (κ2) is 4.34. The van der Waals surface area contributed by atoms with Crippen LogP contribution in [0.5, 0.6) is 0 Å². The minimum absolute atomic E-state index is 0.0907. The molecule has 0 aliphatic heterocycles. The van der Waals surface area contributed by atoms with Crippen molar-refractivity contribution in [1.82, 2.24) is 14.7 Å². The molecule has 1 rings (SSSR count). The predicted molar refractivity (Wildman–Crippen MR) is 58.8 cm³/mol. The molecule has 6 nitrogen and oxygen atoms in total. The van der Waals surface area contributed by atoms with Gasteiger partial charge in [-0.25, -0.2) is 0 Å². The van der Waals surface area contributed by atoms with E-state index in [1.54, 1.807) is 25.7 Å². The fourth-order valence-corrected chi connectivity index (χ4v) is 1.58. The first-order chi connectivity index (χ1) is 7.34. The van der Waals surface area contributed by atoms with Gasteiger partial charge in [-0.3, -0.25) is 14.3 Å². The van der Waals surface area contributed by atoms with Gasteiger partial charge in [0, 0.05) is 19.8 Å². The van der Waals surface area contributed by atoms with Crippen molar-refractivity contribution < 1.29 is 9.59 Å². The fraction of sp³-hybridized carbons (Fsp3) is 0.500. The molecule has 16 heavy (non-hydrogen) atoms. The van der Waals surface area contributed by atoms with Gasteiger partial charge in [0.2, 0.25) is 5.91 Å². The molecule has 1 heterocycles. The molecule has 0 radical (unpaired) electrons. The summed E-state index contributed by atoms with van der Waals surface area (Å²) in [4.78, 5) is 24.0. The van der Waals surface area contributed by atoms with E-state index in [9.17, 15) is 9.59 Å². The largest absolute Gasteiger partial charge is 0.368 e. The molecule has 0 bridgehead atoms. The van der Waals surface area contributed by atoms with Gasteiger partial charge in [-0.1, -0.05) is 0 Å². The molecule has 0 aromatic carbocycles. The van der Waals surface area contributed by atoms with Crippen LogP contribution in [0.4, 0.5) is 0 Å². The van der Waals surface area contributed by atoms with Gasteiger partial charge in [-0.15, -0.1) is 0 Å². The first kappa shape index (κ1) is 12.2. The highest BCUT2D eigenvalue weighted by molar-refractivity contribution is 5.98. The Morgan fingerprint density at radius 3 is 2.38 bits per heavy atom. The van der Waals surface area contributed by atoms with Gasteiger partial charge in [-0.2, -0.15) is 5.10 Å². The van der Waals surface area contributed by atoms with E-state index in [0.717, 1.165) is 5.69 Å². The maximum absolute atomic E-state index is 12.0. The van der Waals surface area contributed by atoms with Crippen molar-refractivity contribution in [2.45, 2.75) is 13.8 Å². The van der Waals surface area contributed by atoms with Crippen LogP contribution in [0.3, 0.4) is 0 Å². The second-order valence-corrected chi connectivity index (χ2v) is 3.80. The van der Waals surface area contributed by atoms with Crippen LogP contribution >= 0.6 is 0 Å². The van der Waals surface area contributed by atoms with E-state index in [1.165, 1.54) is 4.90 Å². The number of nitrogens with zero attached hydrogens (tertiary/aromatic N) is 3. The summed E-state index contributed by atoms with van der Waals surface area (Å²) in [7, 11) is 3.31. The number of primary amides is 1. The Labute approximate surface area is 94.0 Å². The quantitative estimate of drug-likeness (QED) is 0.758. The van der Waals surface area contributed by atoms with Crippen LogP contribution < -0.4 is 5.73 Å². The van der Waals surface area contributed by atoms with Crippen molar-refractivity contribution in [2.24, 2.45) is 12.8 Å². The van der Waals surface area contributed by atoms with E-state index in [4.69, 9.17) is 5.73 Å². The number of carbonyl (C=O) groups excluding carboxylic acids is 2. The lowest BCUT2D eigenvalue weighted by molar-refractivity contribution is -0.118. The number of rotatable bonds is 3. The summed E-state index contributed by atoms with van der Waals surface area (Å²) in [5.74, 6) is -0.767. The first-order valence-electron chi connectivity index (χ1n) is 4.88. The molecule has 0 aliphatic rings. The Morgan fingerprint density at radius 2 is 2.00 bits per heavy atom. The van der Waals surface area contributed by atoms with Crippen molar-refractivity contribution in [3.8, 4) is 0 Å². The standard InChI is InChI=1S/C10H16N4O2/c1-6-9(7(2)14(4)12-6)10(16)13(3)5-8(11)15/h5H2,1-4H3,(H2,11,15). The van der Waals surface area contributed by atoms with Crippen molar-refractivity contribution in [3.05, 3.63) is 17.0 Å². The maximum atomic E-state index is 12.0. The number of likely N-dealkylation sites (N-methyl/N-ethyl adjacent to an activating group) is 1. The van der Waals surface area contributed by atoms with Crippen molar-refractivity contribution >= 4 is 11.8 Å². The van der Waals surface area contributed by atoms with Crippen LogP contribution in [-0.4, -0.2) is 40.1 Å². The molecular formula is C10H16N4O2. The number of amides is 2. The van der Waals surface area contributed by atoms with Gasteiger partial charge in [-0.05, 0) is 13.8 Å². The topological polar surface area (TPSA) is 81.2 Å². The Bertz CT molecular complexity index is 436. The van der Waals surface area contributed by atoms with Gasteiger partial charge < -0.3 is 10.6 Å². The SMILES string of the molecule is Cc1nn(C)c(C)c1C(=O)N(C)CC(N)=O. The molecule has 0 fully saturated rings. The zero-order valence-electron chi connectivity index (χ0n) is 9.94. The lowest BCUT2D eigenvalue weighted by atomic mass is 10.1. The number of nitrogens with two attached hydrogens (primary N) is 1. The lowest BCUT2D eigenvalue weighted by Crippen LogP contribution is -2.35. The van der Waals surface area contributed by atoms with Gasteiger partial charge >= 0.3 is 0 Å². The molecule has 0 saturated heterocycles. The minimum Gasteiger partial charge on any atom is -0.368 e. The van der Waals surface area contributed by atoms with E-state index in [-0.39, 0.29) is 12.5 Å². The molecule has 2 amide bonds. The Balaban J connectivity index is 3.00. The highest BCUT2D eigenvalue weighted by Gasteiger charge is 2.21. The minimum atomic E-state index is -0.532. The molecular weight excluding hydrogens is 208 g/mol. The van der Waals surface area contributed by atoms with Gasteiger partial charge in [0.05, 0.1) is 17.8 Å². The molecule has 1 aromatic heterocycles. The van der Waals surface area contributed by atoms with Gasteiger partial charge in [0.15, 0.2) is 0 Å². The molecule has 1 aromatic rings. The summed E-state index contributed by atoms with van der Waals surface area (Å²) in [5, 5.41) is 4.15. The number of aromatic nitrogens is 2. The molecule has 0 saturated carbocycles. The molecule has 0 aliphatic carbocycles. The van der Waals surface area contributed by atoms with Crippen LogP contribution in [0.25, 0.3) is 0 Å². The van der Waals surface area contributed by atoms with Crippen LogP contribution in [0.15, 0.2) is 0 Å². The summed E-state index contributed by atoms with van der Waals surface area (Å²) in [6.45, 7) is 3.48. The summed E-state index contributed by atoms with van der Waals surface area (Å²) in [6.07, 6.45) is 0. The number of carbonyl (C=O) groups is 2. The third-order valence-electron chi connectivity index (χ3n) is 2.46. The molecule has 0 atom stereocenters. The summed E-state index contributed by atoms with van der Waals surface area (Å²) in [5.41, 5.74) is 7.00. The van der Waals surface area contributed by atoms with Gasteiger partial charge in [0.25, 0.3) is 5.91 Å². The average molecular weight is 224 g/mol. The van der Waals surface area contributed by atoms with E-state index >= 15 is 0 Å². The monoisotopic (exact) mass is 224 g/mol. The molecule has 6 heteroatoms. The van der Waals surface area contributed by atoms with Crippen LogP contribution in [-0.2, 0) is 11.8 Å². The highest BCUT2D eigenvalue weighted by Crippen LogP contribution is 2.13. The molecule has 2 N–H and O–H groups in total. The highest BCUT2D eigenvalue weighted by atomic mass is 16.2. The van der Waals surface area contributed by atoms with Crippen molar-refractivity contribution in [2.75, 3.05) is 13.6 Å². The van der Waals surface area contributed by atoms with Gasteiger partial charge in [0.1, 0.15) is 0 Å². The zero-order valence-corrected chi connectivity index (χ0v) is 9.94. The maximum Gasteiger partial charge on any atom is 0.257 e. The number of aryl methyl sites for hydroxylation is 2. The summed E-state index contributed by atoms with van der Waals surface area (Å²) >= 11 is 0. The van der Waals surface area contributed by atoms with Crippen molar-refractivity contribution in [1.29, 1.82) is 0 Å². The Hall–Kier alpha value is -1.85. The normalized spacial score (nSPS) is 10.2. The lowest BCUT2D eigenvalue weighted by Gasteiger charge is -2.15. The van der Waals surface area contributed by atoms with E-state index in [1.807, 2.05) is 6.92 Å². The molecule has 0 unspecified atom stereocenters. The first-order valence-corrected chi connectivity index (χ1v) is 4.88. The third kappa shape index (κ3) is 2.21. The molecule has 0 spiro atoms. The van der Waals surface area contributed by atoms with E-state index < -0.39 is 5.91 Å². The number of hydrogen-bond acceptors (Lipinski definition) is 3. The third-order valence-corrected chi connectivity index (χ3v) is 2.46. The summed E-state index contributed by atoms with van der Waals surface area (Å²) < 4.78 is 1.64. The Morgan fingerprint density at radius 1 is 1.44 bits per heavy atom. The summed E-state index contributed by atoms with van der Waals surface area (Å²) in [6, 6.07) is 0.